The molecular weight excluding hydrogens is 186 g/mol. The minimum absolute atomic E-state index is 0.495. The van der Waals surface area contributed by atoms with Crippen LogP contribution < -0.4 is 0 Å². The van der Waals surface area contributed by atoms with Crippen LogP contribution >= 0.6 is 0 Å². The number of hydrogen-bond acceptors (Lipinski definition) is 2. The molecular formula is C13H23NO. The van der Waals surface area contributed by atoms with Crippen molar-refractivity contribution in [2.75, 3.05) is 20.1 Å². The molecule has 2 nitrogen and oxygen atoms in total. The summed E-state index contributed by atoms with van der Waals surface area (Å²) in [6.07, 6.45) is 3.02. The van der Waals surface area contributed by atoms with Gasteiger partial charge < -0.3 is 4.90 Å². The first-order valence-electron chi connectivity index (χ1n) is 6.26. The lowest BCUT2D eigenvalue weighted by molar-refractivity contribution is -0.125. The first kappa shape index (κ1) is 11.1. The number of nitrogens with zero attached hydrogens (tertiary/aromatic N) is 1. The second-order valence-corrected chi connectivity index (χ2v) is 5.98. The van der Waals surface area contributed by atoms with Gasteiger partial charge in [0.25, 0.3) is 0 Å². The Balaban J connectivity index is 1.80. The molecule has 2 heteroatoms. The van der Waals surface area contributed by atoms with Gasteiger partial charge >= 0.3 is 0 Å². The minimum atomic E-state index is 0.495. The normalized spacial score (nSPS) is 35.3. The number of ketones is 1. The van der Waals surface area contributed by atoms with E-state index in [1.807, 2.05) is 0 Å². The molecule has 2 heterocycles. The SMILES string of the molecule is CC(C)CC(=O)CC1[C@@H]2C[C@H]1CN(C)C2. The van der Waals surface area contributed by atoms with Gasteiger partial charge in [-0.1, -0.05) is 13.8 Å². The Morgan fingerprint density at radius 2 is 1.93 bits per heavy atom. The van der Waals surface area contributed by atoms with Crippen LogP contribution in [0.1, 0.15) is 33.1 Å². The van der Waals surface area contributed by atoms with Crippen LogP contribution in [0.2, 0.25) is 0 Å². The molecule has 1 saturated carbocycles. The van der Waals surface area contributed by atoms with Crippen molar-refractivity contribution in [3.8, 4) is 0 Å². The Labute approximate surface area is 93.0 Å². The molecule has 2 aliphatic heterocycles. The van der Waals surface area contributed by atoms with Crippen LogP contribution in [0, 0.1) is 23.7 Å². The zero-order valence-corrected chi connectivity index (χ0v) is 10.2. The van der Waals surface area contributed by atoms with Gasteiger partial charge in [-0.3, -0.25) is 4.79 Å². The minimum Gasteiger partial charge on any atom is -0.306 e. The maximum atomic E-state index is 11.8. The van der Waals surface area contributed by atoms with E-state index in [9.17, 15) is 4.79 Å². The van der Waals surface area contributed by atoms with Crippen molar-refractivity contribution < 1.29 is 4.79 Å². The van der Waals surface area contributed by atoms with Gasteiger partial charge in [0.2, 0.25) is 0 Å². The molecule has 3 rings (SSSR count). The van der Waals surface area contributed by atoms with Crippen molar-refractivity contribution >= 4 is 5.78 Å². The summed E-state index contributed by atoms with van der Waals surface area (Å²) in [4.78, 5) is 14.2. The van der Waals surface area contributed by atoms with E-state index in [0.29, 0.717) is 11.7 Å². The Kier molecular flexibility index (Phi) is 3.15. The fourth-order valence-electron chi connectivity index (χ4n) is 3.36. The smallest absolute Gasteiger partial charge is 0.133 e. The predicted molar refractivity (Wildman–Crippen MR) is 61.7 cm³/mol. The summed E-state index contributed by atoms with van der Waals surface area (Å²) in [6.45, 7) is 6.70. The highest BCUT2D eigenvalue weighted by molar-refractivity contribution is 5.79. The number of hydrogen-bond donors (Lipinski definition) is 0. The van der Waals surface area contributed by atoms with Crippen LogP contribution in [-0.4, -0.2) is 30.8 Å². The second-order valence-electron chi connectivity index (χ2n) is 5.98. The lowest BCUT2D eigenvalue weighted by atomic mass is 9.60. The molecule has 0 N–H and O–H groups in total. The largest absolute Gasteiger partial charge is 0.306 e. The molecule has 0 radical (unpaired) electrons. The van der Waals surface area contributed by atoms with E-state index in [1.54, 1.807) is 0 Å². The highest BCUT2D eigenvalue weighted by atomic mass is 16.1. The third kappa shape index (κ3) is 2.41. The van der Waals surface area contributed by atoms with Crippen molar-refractivity contribution in [1.29, 1.82) is 0 Å². The van der Waals surface area contributed by atoms with Crippen LogP contribution in [0.15, 0.2) is 0 Å². The lowest BCUT2D eigenvalue weighted by Gasteiger charge is -2.53. The topological polar surface area (TPSA) is 20.3 Å². The van der Waals surface area contributed by atoms with E-state index in [0.717, 1.165) is 30.6 Å². The van der Waals surface area contributed by atoms with E-state index in [-0.39, 0.29) is 0 Å². The summed E-state index contributed by atoms with van der Waals surface area (Å²) in [5, 5.41) is 0. The molecule has 1 aliphatic carbocycles. The first-order chi connectivity index (χ1) is 7.06. The highest BCUT2D eigenvalue weighted by Gasteiger charge is 2.45. The zero-order valence-electron chi connectivity index (χ0n) is 10.2. The summed E-state index contributed by atoms with van der Waals surface area (Å²) in [7, 11) is 2.20. The molecule has 2 bridgehead atoms. The Morgan fingerprint density at radius 3 is 2.47 bits per heavy atom. The number of rotatable bonds is 4. The predicted octanol–water partition coefficient (Wildman–Crippen LogP) is 2.19. The number of carbonyl (C=O) groups excluding carboxylic acids is 1. The van der Waals surface area contributed by atoms with E-state index in [2.05, 4.69) is 25.8 Å². The van der Waals surface area contributed by atoms with E-state index in [4.69, 9.17) is 0 Å². The van der Waals surface area contributed by atoms with Gasteiger partial charge in [-0.2, -0.15) is 0 Å². The molecule has 3 aliphatic rings. The van der Waals surface area contributed by atoms with E-state index in [1.165, 1.54) is 19.5 Å². The number of Topliss-reactive ketones (excluding diaryl/α,β-unsaturated/α-hetero) is 1. The Bertz CT molecular complexity index is 237. The summed E-state index contributed by atoms with van der Waals surface area (Å²) >= 11 is 0. The maximum absolute atomic E-state index is 11.8. The Morgan fingerprint density at radius 1 is 1.33 bits per heavy atom. The van der Waals surface area contributed by atoms with Crippen molar-refractivity contribution in [1.82, 2.24) is 4.90 Å². The van der Waals surface area contributed by atoms with Crippen LogP contribution in [0.4, 0.5) is 0 Å². The summed E-state index contributed by atoms with van der Waals surface area (Å²) in [5.74, 6) is 3.40. The maximum Gasteiger partial charge on any atom is 0.133 e. The molecule has 15 heavy (non-hydrogen) atoms. The fraction of sp³-hybridized carbons (Fsp3) is 0.923. The van der Waals surface area contributed by atoms with Crippen LogP contribution in [0.5, 0.6) is 0 Å². The molecule has 86 valence electrons. The highest BCUT2D eigenvalue weighted by Crippen LogP contribution is 2.47. The van der Waals surface area contributed by atoms with E-state index < -0.39 is 0 Å². The fourth-order valence-corrected chi connectivity index (χ4v) is 3.36. The third-order valence-electron chi connectivity index (χ3n) is 4.01. The molecule has 3 atom stereocenters. The van der Waals surface area contributed by atoms with E-state index >= 15 is 0 Å². The van der Waals surface area contributed by atoms with Gasteiger partial charge in [0.15, 0.2) is 0 Å². The van der Waals surface area contributed by atoms with Crippen molar-refractivity contribution in [2.45, 2.75) is 33.1 Å². The molecule has 3 fully saturated rings. The monoisotopic (exact) mass is 209 g/mol. The summed E-state index contributed by atoms with van der Waals surface area (Å²) < 4.78 is 0. The lowest BCUT2D eigenvalue weighted by Crippen LogP contribution is -2.54. The average Bonchev–Trinajstić information content (AvgIpc) is 2.13. The number of carbonyl (C=O) groups is 1. The summed E-state index contributed by atoms with van der Waals surface area (Å²) in [5.41, 5.74) is 0. The van der Waals surface area contributed by atoms with Gasteiger partial charge in [-0.05, 0) is 37.1 Å². The van der Waals surface area contributed by atoms with Gasteiger partial charge in [0.05, 0.1) is 0 Å². The molecule has 0 spiro atoms. The standard InChI is InChI=1S/C13H23NO/c1-9(2)4-12(15)6-13-10-5-11(13)8-14(3)7-10/h9-11,13H,4-8H2,1-3H3/t10-,11+,13?. The van der Waals surface area contributed by atoms with Crippen LogP contribution in [0.3, 0.4) is 0 Å². The first-order valence-corrected chi connectivity index (χ1v) is 6.26. The molecule has 0 amide bonds. The van der Waals surface area contributed by atoms with Gasteiger partial charge in [-0.15, -0.1) is 0 Å². The van der Waals surface area contributed by atoms with Crippen LogP contribution in [-0.2, 0) is 4.79 Å². The number of piperidine rings is 2. The van der Waals surface area contributed by atoms with Gasteiger partial charge in [-0.25, -0.2) is 0 Å². The molecule has 2 saturated heterocycles. The average molecular weight is 209 g/mol. The third-order valence-corrected chi connectivity index (χ3v) is 4.01. The van der Waals surface area contributed by atoms with Crippen molar-refractivity contribution in [3.05, 3.63) is 0 Å². The summed E-state index contributed by atoms with van der Waals surface area (Å²) in [6, 6.07) is 0. The van der Waals surface area contributed by atoms with Gasteiger partial charge in [0, 0.05) is 25.9 Å². The quantitative estimate of drug-likeness (QED) is 0.707. The van der Waals surface area contributed by atoms with Crippen molar-refractivity contribution in [3.63, 3.8) is 0 Å². The Hall–Kier alpha value is -0.370. The van der Waals surface area contributed by atoms with Crippen LogP contribution in [0.25, 0.3) is 0 Å². The molecule has 0 aromatic carbocycles. The van der Waals surface area contributed by atoms with Crippen molar-refractivity contribution in [2.24, 2.45) is 23.7 Å². The second kappa shape index (κ2) is 4.25. The zero-order chi connectivity index (χ0) is 11.0. The molecule has 1 unspecified atom stereocenters. The van der Waals surface area contributed by atoms with Gasteiger partial charge in [0.1, 0.15) is 5.78 Å². The number of fused-ring (bicyclic) bond motifs is 2. The molecule has 0 aromatic heterocycles. The molecule has 0 aromatic rings.